The lowest BCUT2D eigenvalue weighted by Gasteiger charge is -2.12. The number of benzene rings is 1. The highest BCUT2D eigenvalue weighted by atomic mass is 79.9. The Balaban J connectivity index is 2.66. The highest BCUT2D eigenvalue weighted by molar-refractivity contribution is 9.10. The Morgan fingerprint density at radius 3 is 2.87 bits per heavy atom. The number of nitrogens with two attached hydrogens (primary N) is 1. The molecule has 0 spiro atoms. The van der Waals surface area contributed by atoms with Crippen molar-refractivity contribution in [3.8, 4) is 0 Å². The van der Waals surface area contributed by atoms with Gasteiger partial charge in [0.05, 0.1) is 5.92 Å². The lowest BCUT2D eigenvalue weighted by atomic mass is 10.1. The fourth-order valence-electron chi connectivity index (χ4n) is 1.15. The topological polar surface area (TPSA) is 55.1 Å². The molecule has 82 valence electrons. The molecule has 0 radical (unpaired) electrons. The molecule has 0 saturated carbocycles. The molecule has 0 saturated heterocycles. The van der Waals surface area contributed by atoms with Crippen LogP contribution in [0, 0.1) is 12.8 Å². The Morgan fingerprint density at radius 1 is 1.60 bits per heavy atom. The molecule has 1 aromatic carbocycles. The van der Waals surface area contributed by atoms with Crippen LogP contribution in [0.1, 0.15) is 12.5 Å². The summed E-state index contributed by atoms with van der Waals surface area (Å²) < 4.78 is 1.03. The molecule has 1 atom stereocenters. The molecule has 1 aromatic rings. The van der Waals surface area contributed by atoms with Crippen LogP contribution in [0.5, 0.6) is 0 Å². The first-order chi connectivity index (χ1) is 7.02. The zero-order chi connectivity index (χ0) is 11.4. The number of anilines is 1. The standard InChI is InChI=1S/C11H15BrN2O/c1-7-4-3-5-9(10(7)12)14-6-8(2)11(13)15/h3-5,8,14H,6H2,1-2H3,(H2,13,15). The normalized spacial score (nSPS) is 12.2. The van der Waals surface area contributed by atoms with Crippen LogP contribution in [0.2, 0.25) is 0 Å². The number of primary amides is 1. The summed E-state index contributed by atoms with van der Waals surface area (Å²) in [6.45, 7) is 4.38. The summed E-state index contributed by atoms with van der Waals surface area (Å²) in [5.41, 5.74) is 7.33. The number of hydrogen-bond donors (Lipinski definition) is 2. The van der Waals surface area contributed by atoms with Gasteiger partial charge < -0.3 is 11.1 Å². The van der Waals surface area contributed by atoms with Crippen LogP contribution < -0.4 is 11.1 Å². The molecule has 0 aliphatic rings. The van der Waals surface area contributed by atoms with E-state index in [0.717, 1.165) is 15.7 Å². The zero-order valence-corrected chi connectivity index (χ0v) is 10.5. The summed E-state index contributed by atoms with van der Waals surface area (Å²) in [5.74, 6) is -0.455. The van der Waals surface area contributed by atoms with Crippen molar-refractivity contribution in [1.29, 1.82) is 0 Å². The number of amides is 1. The lowest BCUT2D eigenvalue weighted by molar-refractivity contribution is -0.120. The Morgan fingerprint density at radius 2 is 2.27 bits per heavy atom. The Kier molecular flexibility index (Phi) is 4.15. The van der Waals surface area contributed by atoms with E-state index >= 15 is 0 Å². The third-order valence-corrected chi connectivity index (χ3v) is 3.33. The van der Waals surface area contributed by atoms with E-state index < -0.39 is 0 Å². The van der Waals surface area contributed by atoms with Crippen LogP contribution >= 0.6 is 15.9 Å². The van der Waals surface area contributed by atoms with Crippen LogP contribution in [0.4, 0.5) is 5.69 Å². The highest BCUT2D eigenvalue weighted by Gasteiger charge is 2.09. The van der Waals surface area contributed by atoms with Crippen LogP contribution in [-0.4, -0.2) is 12.5 Å². The van der Waals surface area contributed by atoms with Gasteiger partial charge >= 0.3 is 0 Å². The zero-order valence-electron chi connectivity index (χ0n) is 8.88. The van der Waals surface area contributed by atoms with Gasteiger partial charge in [-0.05, 0) is 34.5 Å². The predicted octanol–water partition coefficient (Wildman–Crippen LogP) is 2.29. The van der Waals surface area contributed by atoms with Crippen LogP contribution in [0.3, 0.4) is 0 Å². The molecule has 0 fully saturated rings. The first-order valence-electron chi connectivity index (χ1n) is 4.80. The van der Waals surface area contributed by atoms with Gasteiger partial charge in [0.1, 0.15) is 0 Å². The third-order valence-electron chi connectivity index (χ3n) is 2.28. The Labute approximate surface area is 98.2 Å². The van der Waals surface area contributed by atoms with E-state index in [1.54, 1.807) is 6.92 Å². The van der Waals surface area contributed by atoms with E-state index in [9.17, 15) is 4.79 Å². The highest BCUT2D eigenvalue weighted by Crippen LogP contribution is 2.25. The van der Waals surface area contributed by atoms with Crippen LogP contribution in [-0.2, 0) is 4.79 Å². The van der Waals surface area contributed by atoms with Crippen LogP contribution in [0.25, 0.3) is 0 Å². The van der Waals surface area contributed by atoms with Crippen molar-refractivity contribution in [3.05, 3.63) is 28.2 Å². The van der Waals surface area contributed by atoms with Gasteiger partial charge in [0, 0.05) is 16.7 Å². The maximum atomic E-state index is 10.8. The number of aryl methyl sites for hydroxylation is 1. The number of carbonyl (C=O) groups excluding carboxylic acids is 1. The molecule has 1 amide bonds. The van der Waals surface area contributed by atoms with Gasteiger partial charge in [-0.15, -0.1) is 0 Å². The predicted molar refractivity (Wildman–Crippen MR) is 65.7 cm³/mol. The number of carbonyl (C=O) groups is 1. The number of halogens is 1. The maximum Gasteiger partial charge on any atom is 0.222 e. The molecule has 1 unspecified atom stereocenters. The Bertz CT molecular complexity index is 366. The van der Waals surface area contributed by atoms with Gasteiger partial charge in [0.25, 0.3) is 0 Å². The molecule has 0 heterocycles. The second kappa shape index (κ2) is 5.16. The molecule has 0 aromatic heterocycles. The van der Waals surface area contributed by atoms with E-state index in [0.29, 0.717) is 6.54 Å². The largest absolute Gasteiger partial charge is 0.383 e. The minimum Gasteiger partial charge on any atom is -0.383 e. The number of hydrogen-bond acceptors (Lipinski definition) is 2. The van der Waals surface area contributed by atoms with Crippen molar-refractivity contribution < 1.29 is 4.79 Å². The summed E-state index contributed by atoms with van der Waals surface area (Å²) in [6.07, 6.45) is 0. The van der Waals surface area contributed by atoms with E-state index in [1.165, 1.54) is 0 Å². The molecule has 0 aliphatic carbocycles. The van der Waals surface area contributed by atoms with Gasteiger partial charge in [-0.2, -0.15) is 0 Å². The van der Waals surface area contributed by atoms with Crippen molar-refractivity contribution in [2.24, 2.45) is 11.7 Å². The molecular formula is C11H15BrN2O. The summed E-state index contributed by atoms with van der Waals surface area (Å²) in [6, 6.07) is 5.95. The van der Waals surface area contributed by atoms with Gasteiger partial charge in [0.15, 0.2) is 0 Å². The first-order valence-corrected chi connectivity index (χ1v) is 5.60. The molecule has 4 heteroatoms. The summed E-state index contributed by atoms with van der Waals surface area (Å²) in [4.78, 5) is 10.8. The molecular weight excluding hydrogens is 256 g/mol. The van der Waals surface area contributed by atoms with Crippen molar-refractivity contribution in [1.82, 2.24) is 0 Å². The quantitative estimate of drug-likeness (QED) is 0.882. The molecule has 3 nitrogen and oxygen atoms in total. The number of nitrogens with one attached hydrogen (secondary N) is 1. The van der Waals surface area contributed by atoms with Crippen molar-refractivity contribution in [3.63, 3.8) is 0 Å². The Hall–Kier alpha value is -1.03. The van der Waals surface area contributed by atoms with Gasteiger partial charge in [-0.3, -0.25) is 4.79 Å². The fraction of sp³-hybridized carbons (Fsp3) is 0.364. The lowest BCUT2D eigenvalue weighted by Crippen LogP contribution is -2.26. The average Bonchev–Trinajstić information content (AvgIpc) is 2.19. The summed E-state index contributed by atoms with van der Waals surface area (Å²) >= 11 is 3.49. The van der Waals surface area contributed by atoms with E-state index in [4.69, 9.17) is 5.73 Å². The maximum absolute atomic E-state index is 10.8. The van der Waals surface area contributed by atoms with Gasteiger partial charge in [-0.25, -0.2) is 0 Å². The average molecular weight is 271 g/mol. The first kappa shape index (κ1) is 12.0. The molecule has 0 aliphatic heterocycles. The SMILES string of the molecule is Cc1cccc(NCC(C)C(N)=O)c1Br. The third kappa shape index (κ3) is 3.23. The fourth-order valence-corrected chi connectivity index (χ4v) is 1.55. The minimum atomic E-state index is -0.286. The van der Waals surface area contributed by atoms with Gasteiger partial charge in [-0.1, -0.05) is 19.1 Å². The van der Waals surface area contributed by atoms with Crippen molar-refractivity contribution in [2.45, 2.75) is 13.8 Å². The van der Waals surface area contributed by atoms with E-state index in [1.807, 2.05) is 25.1 Å². The molecule has 0 bridgehead atoms. The van der Waals surface area contributed by atoms with Gasteiger partial charge in [0.2, 0.25) is 5.91 Å². The number of rotatable bonds is 4. The minimum absolute atomic E-state index is 0.169. The molecule has 3 N–H and O–H groups in total. The second-order valence-corrected chi connectivity index (χ2v) is 4.41. The summed E-state index contributed by atoms with van der Waals surface area (Å²) in [7, 11) is 0. The molecule has 1 rings (SSSR count). The van der Waals surface area contributed by atoms with Crippen molar-refractivity contribution in [2.75, 3.05) is 11.9 Å². The smallest absolute Gasteiger partial charge is 0.222 e. The van der Waals surface area contributed by atoms with Crippen LogP contribution in [0.15, 0.2) is 22.7 Å². The van der Waals surface area contributed by atoms with E-state index in [-0.39, 0.29) is 11.8 Å². The summed E-state index contributed by atoms with van der Waals surface area (Å²) in [5, 5.41) is 3.19. The monoisotopic (exact) mass is 270 g/mol. The second-order valence-electron chi connectivity index (χ2n) is 3.62. The van der Waals surface area contributed by atoms with Crippen molar-refractivity contribution >= 4 is 27.5 Å². The van der Waals surface area contributed by atoms with E-state index in [2.05, 4.69) is 21.2 Å². The molecule has 15 heavy (non-hydrogen) atoms.